The molecule has 2 aliphatic heterocycles. The van der Waals surface area contributed by atoms with E-state index in [1.54, 1.807) is 14.2 Å². The molecule has 0 amide bonds. The molecular weight excluding hydrogens is 922 g/mol. The van der Waals surface area contributed by atoms with Crippen LogP contribution >= 0.6 is 7.75 Å². The van der Waals surface area contributed by atoms with Crippen LogP contribution in [0.5, 0.6) is 11.5 Å². The average Bonchev–Trinajstić information content (AvgIpc) is 3.78. The first-order valence-electron chi connectivity index (χ1n) is 21.8. The maximum absolute atomic E-state index is 15.0. The lowest BCUT2D eigenvalue weighted by Gasteiger charge is -2.41. The van der Waals surface area contributed by atoms with E-state index >= 15 is 0 Å². The number of nitrogens with zero attached hydrogens (tertiary/aromatic N) is 2. The Balaban J connectivity index is 1.31. The number of hydrogen-bond donors (Lipinski definition) is 5. The number of rotatable bonds is 18. The van der Waals surface area contributed by atoms with Gasteiger partial charge in [0.15, 0.2) is 20.8 Å². The van der Waals surface area contributed by atoms with Crippen molar-refractivity contribution in [2.45, 2.75) is 93.6 Å². The summed E-state index contributed by atoms with van der Waals surface area (Å²) in [5.41, 5.74) is -2.29. The van der Waals surface area contributed by atoms with Crippen LogP contribution in [0.25, 0.3) is 0 Å². The fourth-order valence-electron chi connectivity index (χ4n) is 8.01. The molecule has 20 nitrogen and oxygen atoms in total. The van der Waals surface area contributed by atoms with Crippen LogP contribution in [-0.4, -0.2) is 109 Å². The highest BCUT2D eigenvalue weighted by molar-refractivity contribution is 7.51. The Labute approximate surface area is 392 Å². The molecule has 0 radical (unpaired) electrons. The molecule has 0 saturated carbocycles. The van der Waals surface area contributed by atoms with Crippen LogP contribution in [0.3, 0.4) is 0 Å². The quantitative estimate of drug-likeness (QED) is 0.0476. The Hall–Kier alpha value is -5.29. The van der Waals surface area contributed by atoms with Crippen LogP contribution < -0.4 is 37.1 Å². The van der Waals surface area contributed by atoms with Crippen molar-refractivity contribution in [3.63, 3.8) is 0 Å². The van der Waals surface area contributed by atoms with Gasteiger partial charge in [-0.05, 0) is 59.1 Å². The van der Waals surface area contributed by atoms with Gasteiger partial charge in [-0.2, -0.15) is 0 Å². The Kier molecular flexibility index (Phi) is 15.1. The van der Waals surface area contributed by atoms with E-state index in [2.05, 4.69) is 15.1 Å². The highest BCUT2D eigenvalue weighted by Gasteiger charge is 2.55. The summed E-state index contributed by atoms with van der Waals surface area (Å²) in [5.74, 6) is 1.21. The van der Waals surface area contributed by atoms with E-state index in [0.717, 1.165) is 29.5 Å². The molecule has 2 aliphatic rings. The number of aliphatic hydroxyl groups is 2. The van der Waals surface area contributed by atoms with Crippen molar-refractivity contribution in [2.75, 3.05) is 34.5 Å². The predicted octanol–water partition coefficient (Wildman–Crippen LogP) is 3.75. The Morgan fingerprint density at radius 2 is 1.19 bits per heavy atom. The zero-order valence-electron chi connectivity index (χ0n) is 38.9. The molecule has 22 heteroatoms. The van der Waals surface area contributed by atoms with Crippen molar-refractivity contribution in [3.8, 4) is 11.5 Å². The monoisotopic (exact) mass is 979 g/mol. The van der Waals surface area contributed by atoms with E-state index in [1.807, 2.05) is 113 Å². The minimum atomic E-state index is -4.54. The van der Waals surface area contributed by atoms with Gasteiger partial charge in [-0.15, -0.1) is 0 Å². The molecule has 2 fully saturated rings. The van der Waals surface area contributed by atoms with Gasteiger partial charge in [-0.1, -0.05) is 75.4 Å². The summed E-state index contributed by atoms with van der Waals surface area (Å²) in [5, 5.41) is 24.3. The molecule has 4 heterocycles. The lowest BCUT2D eigenvalue weighted by atomic mass is 9.80. The van der Waals surface area contributed by atoms with Crippen molar-refractivity contribution in [2.24, 2.45) is 0 Å². The minimum absolute atomic E-state index is 0.306. The molecule has 366 valence electrons. The first-order valence-corrected chi connectivity index (χ1v) is 26.2. The number of methoxy groups -OCH3 is 2. The first-order chi connectivity index (χ1) is 32.2. The predicted molar refractivity (Wildman–Crippen MR) is 250 cm³/mol. The van der Waals surface area contributed by atoms with Gasteiger partial charge >= 0.3 is 19.1 Å². The second-order valence-corrected chi connectivity index (χ2v) is 24.6. The summed E-state index contributed by atoms with van der Waals surface area (Å²) in [6.45, 7) is 9.26. The summed E-state index contributed by atoms with van der Waals surface area (Å²) >= 11 is 0. The minimum Gasteiger partial charge on any atom is -0.497 e. The molecule has 2 aromatic heterocycles. The number of benzene rings is 3. The van der Waals surface area contributed by atoms with Crippen LogP contribution in [0.4, 0.5) is 0 Å². The third kappa shape index (κ3) is 10.3. The zero-order valence-corrected chi connectivity index (χ0v) is 40.8. The third-order valence-corrected chi connectivity index (χ3v) is 18.8. The number of nitrogens with one attached hydrogen (secondary N) is 3. The molecule has 68 heavy (non-hydrogen) atoms. The Morgan fingerprint density at radius 1 is 0.691 bits per heavy atom. The molecular formula is C46H58N5O15PSi. The number of hydrogen-bond acceptors (Lipinski definition) is 15. The Bertz CT molecular complexity index is 2750. The van der Waals surface area contributed by atoms with Crippen molar-refractivity contribution < 1.29 is 51.9 Å². The van der Waals surface area contributed by atoms with Gasteiger partial charge < -0.3 is 42.8 Å². The highest BCUT2D eigenvalue weighted by Crippen LogP contribution is 2.51. The molecule has 2 saturated heterocycles. The fraction of sp³-hybridized carbons (Fsp3) is 0.435. The van der Waals surface area contributed by atoms with Crippen LogP contribution in [-0.2, 0) is 37.9 Å². The second-order valence-electron chi connectivity index (χ2n) is 17.9. The van der Waals surface area contributed by atoms with Crippen molar-refractivity contribution in [1.29, 1.82) is 0 Å². The van der Waals surface area contributed by atoms with Gasteiger partial charge in [-0.25, -0.2) is 19.2 Å². The van der Waals surface area contributed by atoms with E-state index in [0.29, 0.717) is 22.6 Å². The van der Waals surface area contributed by atoms with E-state index in [9.17, 15) is 34.0 Å². The number of aliphatic hydroxyl groups excluding tert-OH is 2. The molecule has 5 aromatic rings. The van der Waals surface area contributed by atoms with Crippen LogP contribution in [0, 0.1) is 0 Å². The molecule has 7 rings (SSSR count). The molecule has 0 spiro atoms. The molecule has 9 atom stereocenters. The SMILES string of the molecule is COc1ccc(C(OC[C@H]2O[C@@H](n3ccc(=O)[nH]c3=O)[C@H](O[Si](C)(C)C(C)(C)C)[C@@H]2OP(=O)(NC[C@H]2O[C@@H](n3ccc(=O)[nH]c3=O)[C@H](O)[C@@H]2O)OC)(c2ccccc2)c2ccc(OC)cc2)cc1. The number of aromatic nitrogens is 4. The van der Waals surface area contributed by atoms with E-state index in [4.69, 9.17) is 37.2 Å². The maximum atomic E-state index is 15.0. The number of ether oxygens (including phenoxy) is 5. The van der Waals surface area contributed by atoms with Crippen molar-refractivity contribution in [1.82, 2.24) is 24.2 Å². The first kappa shape index (κ1) is 50.6. The smallest absolute Gasteiger partial charge is 0.405 e. The summed E-state index contributed by atoms with van der Waals surface area (Å²) in [4.78, 5) is 54.7. The van der Waals surface area contributed by atoms with Gasteiger partial charge in [0.1, 0.15) is 53.7 Å². The van der Waals surface area contributed by atoms with Crippen molar-refractivity contribution >= 4 is 16.1 Å². The van der Waals surface area contributed by atoms with E-state index in [1.165, 1.54) is 16.8 Å². The van der Waals surface area contributed by atoms with Gasteiger partial charge in [0.2, 0.25) is 0 Å². The lowest BCUT2D eigenvalue weighted by Crippen LogP contribution is -2.50. The fourth-order valence-corrected chi connectivity index (χ4v) is 10.6. The summed E-state index contributed by atoms with van der Waals surface area (Å²) < 4.78 is 67.3. The summed E-state index contributed by atoms with van der Waals surface area (Å²) in [6.07, 6.45) is -8.64. The van der Waals surface area contributed by atoms with Crippen LogP contribution in [0.15, 0.2) is 123 Å². The third-order valence-electron chi connectivity index (χ3n) is 12.7. The van der Waals surface area contributed by atoms with Gasteiger partial charge in [0.25, 0.3) is 11.1 Å². The summed E-state index contributed by atoms with van der Waals surface area (Å²) in [6, 6.07) is 26.5. The number of H-pyrrole nitrogens is 2. The maximum Gasteiger partial charge on any atom is 0.405 e. The van der Waals surface area contributed by atoms with Gasteiger partial charge in [-0.3, -0.25) is 33.2 Å². The molecule has 5 N–H and O–H groups in total. The van der Waals surface area contributed by atoms with Crippen molar-refractivity contribution in [3.05, 3.63) is 162 Å². The topological polar surface area (TPSA) is 253 Å². The molecule has 3 aromatic carbocycles. The zero-order chi connectivity index (χ0) is 49.2. The highest BCUT2D eigenvalue weighted by atomic mass is 31.2. The van der Waals surface area contributed by atoms with Crippen LogP contribution in [0.2, 0.25) is 18.1 Å². The molecule has 0 aliphatic carbocycles. The Morgan fingerprint density at radius 3 is 1.68 bits per heavy atom. The van der Waals surface area contributed by atoms with Gasteiger partial charge in [0.05, 0.1) is 20.8 Å². The second kappa shape index (κ2) is 20.4. The van der Waals surface area contributed by atoms with Gasteiger partial charge in [0, 0.05) is 38.2 Å². The lowest BCUT2D eigenvalue weighted by molar-refractivity contribution is -0.0944. The largest absolute Gasteiger partial charge is 0.497 e. The average molecular weight is 980 g/mol. The van der Waals surface area contributed by atoms with Crippen LogP contribution in [0.1, 0.15) is 49.9 Å². The summed E-state index contributed by atoms with van der Waals surface area (Å²) in [7, 11) is -3.13. The molecule has 0 bridgehead atoms. The van der Waals surface area contributed by atoms with E-state index in [-0.39, 0.29) is 6.61 Å². The standard InChI is InChI=1S/C46H58N5O15PSi/c1-45(2,3)68(7,8)66-40-39(65-67(58,61-6)47-26-33-37(54)38(55)41(63-33)50-24-22-35(52)48-43(50)56)34(64-42(40)51-25-23-36(53)49-44(51)57)27-62-46(28-12-10-9-11-13-28,29-14-18-31(59-4)19-15-29)30-16-20-32(60-5)21-17-30/h9-25,33-34,37-42,54-55H,26-27H2,1-8H3,(H,47,58)(H,48,52,56)(H,49,53,57)/t33-,34-,37-,38-,39-,40-,41-,42-,67?/m1/s1. The number of aromatic amines is 2. The normalized spacial score (nSPS) is 24.1. The van der Waals surface area contributed by atoms with E-state index < -0.39 is 105 Å². The molecule has 1 unspecified atom stereocenters.